The zero-order valence-corrected chi connectivity index (χ0v) is 15.6. The Balaban J connectivity index is 1.53. The molecule has 3 nitrogen and oxygen atoms in total. The fourth-order valence-corrected chi connectivity index (χ4v) is 4.10. The van der Waals surface area contributed by atoms with Crippen LogP contribution in [0, 0.1) is 0 Å². The molecule has 4 aromatic rings. The molecule has 0 bridgehead atoms. The summed E-state index contributed by atoms with van der Waals surface area (Å²) >= 11 is 7.91. The molecule has 0 aliphatic heterocycles. The van der Waals surface area contributed by atoms with Crippen molar-refractivity contribution in [2.45, 2.75) is 12.6 Å². The van der Waals surface area contributed by atoms with E-state index in [-0.39, 0.29) is 6.04 Å². The van der Waals surface area contributed by atoms with Gasteiger partial charge in [0.05, 0.1) is 11.3 Å². The Hall–Kier alpha value is -2.40. The molecule has 0 saturated carbocycles. The second kappa shape index (κ2) is 7.87. The average Bonchev–Trinajstić information content (AvgIpc) is 3.36. The molecule has 5 heteroatoms. The van der Waals surface area contributed by atoms with Gasteiger partial charge in [-0.05, 0) is 18.2 Å². The van der Waals surface area contributed by atoms with Crippen LogP contribution in [0.1, 0.15) is 23.1 Å². The number of rotatable bonds is 6. The van der Waals surface area contributed by atoms with Crippen molar-refractivity contribution in [3.63, 3.8) is 0 Å². The first kappa shape index (κ1) is 17.0. The molecular formula is C21H18ClN2OS+. The van der Waals surface area contributed by atoms with Gasteiger partial charge in [-0.3, -0.25) is 0 Å². The van der Waals surface area contributed by atoms with E-state index in [1.807, 2.05) is 42.5 Å². The first-order valence-electron chi connectivity index (χ1n) is 8.42. The molecule has 2 aromatic heterocycles. The second-order valence-corrected chi connectivity index (χ2v) is 7.23. The summed E-state index contributed by atoms with van der Waals surface area (Å²) < 4.78 is 5.66. The minimum Gasteiger partial charge on any atom is -0.463 e. The Bertz CT molecular complexity index is 967. The first-order chi connectivity index (χ1) is 12.8. The van der Waals surface area contributed by atoms with Crippen molar-refractivity contribution >= 4 is 22.9 Å². The minimum atomic E-state index is 0.108. The lowest BCUT2D eigenvalue weighted by molar-refractivity contribution is -0.704. The molecule has 0 amide bonds. The molecular weight excluding hydrogens is 364 g/mol. The van der Waals surface area contributed by atoms with Gasteiger partial charge in [0.2, 0.25) is 0 Å². The van der Waals surface area contributed by atoms with Crippen LogP contribution < -0.4 is 5.32 Å². The summed E-state index contributed by atoms with van der Waals surface area (Å²) in [6.07, 6.45) is 1.72. The summed E-state index contributed by atoms with van der Waals surface area (Å²) in [7, 11) is 0. The van der Waals surface area contributed by atoms with Crippen molar-refractivity contribution in [1.29, 1.82) is 0 Å². The van der Waals surface area contributed by atoms with Gasteiger partial charge in [-0.15, -0.1) is 11.3 Å². The van der Waals surface area contributed by atoms with Crippen molar-refractivity contribution in [3.8, 4) is 10.6 Å². The van der Waals surface area contributed by atoms with E-state index in [4.69, 9.17) is 21.0 Å². The van der Waals surface area contributed by atoms with Crippen molar-refractivity contribution in [2.75, 3.05) is 0 Å². The monoisotopic (exact) mass is 381 g/mol. The predicted molar refractivity (Wildman–Crippen MR) is 105 cm³/mol. The van der Waals surface area contributed by atoms with E-state index in [9.17, 15) is 0 Å². The van der Waals surface area contributed by atoms with Crippen LogP contribution in [-0.2, 0) is 6.54 Å². The summed E-state index contributed by atoms with van der Waals surface area (Å²) in [6.45, 7) is 0.765. The summed E-state index contributed by atoms with van der Waals surface area (Å²) in [5.41, 5.74) is 3.23. The van der Waals surface area contributed by atoms with Gasteiger partial charge in [0.25, 0.3) is 0 Å². The molecule has 1 atom stereocenters. The highest BCUT2D eigenvalue weighted by Gasteiger charge is 2.20. The highest BCUT2D eigenvalue weighted by Crippen LogP contribution is 2.30. The van der Waals surface area contributed by atoms with Crippen molar-refractivity contribution in [3.05, 3.63) is 100 Å². The number of hydrogen-bond acceptors (Lipinski definition) is 3. The fraction of sp³-hybridized carbons (Fsp3) is 0.0952. The number of benzene rings is 2. The Morgan fingerprint density at radius 3 is 2.58 bits per heavy atom. The van der Waals surface area contributed by atoms with E-state index in [1.54, 1.807) is 17.6 Å². The van der Waals surface area contributed by atoms with Crippen molar-refractivity contribution in [1.82, 2.24) is 4.98 Å². The van der Waals surface area contributed by atoms with Crippen molar-refractivity contribution < 1.29 is 9.73 Å². The summed E-state index contributed by atoms with van der Waals surface area (Å²) in [4.78, 5) is 4.76. The molecule has 0 fully saturated rings. The summed E-state index contributed by atoms with van der Waals surface area (Å²) in [6, 6.07) is 22.3. The van der Waals surface area contributed by atoms with Crippen LogP contribution in [0.15, 0.2) is 82.8 Å². The van der Waals surface area contributed by atoms with Gasteiger partial charge in [-0.2, -0.15) is 0 Å². The highest BCUT2D eigenvalue weighted by molar-refractivity contribution is 7.13. The maximum absolute atomic E-state index is 6.29. The van der Waals surface area contributed by atoms with Gasteiger partial charge in [-0.25, -0.2) is 4.98 Å². The van der Waals surface area contributed by atoms with Gasteiger partial charge >= 0.3 is 0 Å². The van der Waals surface area contributed by atoms with Crippen LogP contribution in [0.25, 0.3) is 10.6 Å². The number of hydrogen-bond donors (Lipinski definition) is 1. The molecule has 4 rings (SSSR count). The fourth-order valence-electron chi connectivity index (χ4n) is 2.94. The first-order valence-corrected chi connectivity index (χ1v) is 9.68. The van der Waals surface area contributed by atoms with E-state index >= 15 is 0 Å². The van der Waals surface area contributed by atoms with Gasteiger partial charge < -0.3 is 9.73 Å². The zero-order chi connectivity index (χ0) is 17.8. The Kier molecular flexibility index (Phi) is 5.16. The van der Waals surface area contributed by atoms with Gasteiger partial charge in [0.1, 0.15) is 17.2 Å². The molecule has 0 radical (unpaired) electrons. The van der Waals surface area contributed by atoms with Gasteiger partial charge in [0.15, 0.2) is 11.8 Å². The number of thiazole rings is 1. The number of furan rings is 1. The SMILES string of the molecule is Clc1ccccc1-c1nc(C[NH2+][C@H](c2ccccc2)c2ccco2)cs1. The quantitative estimate of drug-likeness (QED) is 0.515. The van der Waals surface area contributed by atoms with Gasteiger partial charge in [0, 0.05) is 16.5 Å². The molecule has 26 heavy (non-hydrogen) atoms. The molecule has 0 unspecified atom stereocenters. The molecule has 0 saturated heterocycles. The average molecular weight is 382 g/mol. The van der Waals surface area contributed by atoms with Crippen LogP contribution in [0.3, 0.4) is 0 Å². The minimum absolute atomic E-state index is 0.108. The molecule has 0 spiro atoms. The molecule has 130 valence electrons. The van der Waals surface area contributed by atoms with Crippen LogP contribution in [0.2, 0.25) is 5.02 Å². The highest BCUT2D eigenvalue weighted by atomic mass is 35.5. The largest absolute Gasteiger partial charge is 0.463 e. The maximum Gasteiger partial charge on any atom is 0.170 e. The van der Waals surface area contributed by atoms with E-state index < -0.39 is 0 Å². The maximum atomic E-state index is 6.29. The smallest absolute Gasteiger partial charge is 0.170 e. The number of aromatic nitrogens is 1. The van der Waals surface area contributed by atoms with Crippen LogP contribution in [0.4, 0.5) is 0 Å². The second-order valence-electron chi connectivity index (χ2n) is 5.97. The lowest BCUT2D eigenvalue weighted by atomic mass is 10.0. The predicted octanol–water partition coefficient (Wildman–Crippen LogP) is 4.91. The molecule has 2 aromatic carbocycles. The number of quaternary nitrogens is 1. The van der Waals surface area contributed by atoms with E-state index in [1.165, 1.54) is 5.56 Å². The third kappa shape index (κ3) is 3.73. The molecule has 0 aliphatic rings. The van der Waals surface area contributed by atoms with Crippen LogP contribution in [-0.4, -0.2) is 4.98 Å². The molecule has 0 aliphatic carbocycles. The Morgan fingerprint density at radius 1 is 1.00 bits per heavy atom. The standard InChI is InChI=1S/C21H17ClN2OS/c22-18-10-5-4-9-17(18)21-24-16(14-26-21)13-23-20(19-11-6-12-25-19)15-7-2-1-3-8-15/h1-12,14,20,23H,13H2/p+1/t20-/m1/s1. The summed E-state index contributed by atoms with van der Waals surface area (Å²) in [5, 5.41) is 6.03. The van der Waals surface area contributed by atoms with Gasteiger partial charge in [-0.1, -0.05) is 60.1 Å². The number of halogens is 1. The van der Waals surface area contributed by atoms with Crippen molar-refractivity contribution in [2.24, 2.45) is 0 Å². The molecule has 2 N–H and O–H groups in total. The normalized spacial score (nSPS) is 12.2. The number of nitrogens with zero attached hydrogens (tertiary/aromatic N) is 1. The lowest BCUT2D eigenvalue weighted by Gasteiger charge is -2.13. The number of nitrogens with two attached hydrogens (primary N) is 1. The van der Waals surface area contributed by atoms with E-state index in [0.29, 0.717) is 0 Å². The Labute approximate surface area is 161 Å². The molecule has 2 heterocycles. The lowest BCUT2D eigenvalue weighted by Crippen LogP contribution is -2.83. The summed E-state index contributed by atoms with van der Waals surface area (Å²) in [5.74, 6) is 0.942. The topological polar surface area (TPSA) is 42.6 Å². The van der Waals surface area contributed by atoms with E-state index in [2.05, 4.69) is 35.0 Å². The zero-order valence-electron chi connectivity index (χ0n) is 14.0. The Morgan fingerprint density at radius 2 is 1.81 bits per heavy atom. The van der Waals surface area contributed by atoms with Crippen LogP contribution in [0.5, 0.6) is 0 Å². The third-order valence-corrected chi connectivity index (χ3v) is 5.48. The van der Waals surface area contributed by atoms with Crippen LogP contribution >= 0.6 is 22.9 Å². The third-order valence-electron chi connectivity index (χ3n) is 4.23. The van der Waals surface area contributed by atoms with E-state index in [0.717, 1.165) is 33.6 Å².